The van der Waals surface area contributed by atoms with Gasteiger partial charge < -0.3 is 9.29 Å². The lowest BCUT2D eigenvalue weighted by Crippen LogP contribution is -2.17. The van der Waals surface area contributed by atoms with Crippen LogP contribution < -0.4 is 9.61 Å². The fraction of sp³-hybridized carbons (Fsp3) is 0.0476. The second-order valence-corrected chi connectivity index (χ2v) is 7.68. The van der Waals surface area contributed by atoms with Gasteiger partial charge in [-0.15, -0.1) is 0 Å². The predicted octanol–water partition coefficient (Wildman–Crippen LogP) is 3.23. The Bertz CT molecular complexity index is 1140. The Morgan fingerprint density at radius 1 is 1.00 bits per heavy atom. The zero-order chi connectivity index (χ0) is 20.9. The molecular formula is C21H18N2O5S. The van der Waals surface area contributed by atoms with Crippen LogP contribution in [0.2, 0.25) is 0 Å². The van der Waals surface area contributed by atoms with Crippen LogP contribution in [0.4, 0.5) is 0 Å². The van der Waals surface area contributed by atoms with E-state index in [1.54, 1.807) is 36.4 Å². The maximum absolute atomic E-state index is 12.3. The number of amides is 1. The van der Waals surface area contributed by atoms with E-state index in [-0.39, 0.29) is 22.0 Å². The summed E-state index contributed by atoms with van der Waals surface area (Å²) < 4.78 is 29.7. The van der Waals surface area contributed by atoms with Crippen LogP contribution >= 0.6 is 0 Å². The van der Waals surface area contributed by atoms with Gasteiger partial charge in [0.05, 0.1) is 11.8 Å². The number of aryl methyl sites for hydroxylation is 1. The number of benzene rings is 3. The van der Waals surface area contributed by atoms with Gasteiger partial charge in [0.25, 0.3) is 5.91 Å². The van der Waals surface area contributed by atoms with E-state index in [4.69, 9.17) is 4.18 Å². The molecule has 148 valence electrons. The van der Waals surface area contributed by atoms with E-state index < -0.39 is 16.0 Å². The zero-order valence-corrected chi connectivity index (χ0v) is 16.3. The first kappa shape index (κ1) is 20.1. The first-order valence-electron chi connectivity index (χ1n) is 8.58. The highest BCUT2D eigenvalue weighted by molar-refractivity contribution is 7.87. The molecule has 0 aliphatic rings. The van der Waals surface area contributed by atoms with Crippen LogP contribution in [0.5, 0.6) is 11.5 Å². The molecule has 7 nitrogen and oxygen atoms in total. The Kier molecular flexibility index (Phi) is 5.94. The number of phenolic OH excluding ortho intramolecular Hbond substituents is 1. The normalized spacial score (nSPS) is 11.3. The number of nitrogens with one attached hydrogen (secondary N) is 1. The van der Waals surface area contributed by atoms with Crippen LogP contribution in [0.3, 0.4) is 0 Å². The molecule has 8 heteroatoms. The number of hydrogen-bond donors (Lipinski definition) is 2. The molecule has 0 aromatic heterocycles. The molecule has 0 heterocycles. The smallest absolute Gasteiger partial charge is 0.339 e. The van der Waals surface area contributed by atoms with E-state index in [1.807, 2.05) is 6.92 Å². The van der Waals surface area contributed by atoms with Gasteiger partial charge in [-0.05, 0) is 61.0 Å². The number of hydrogen-bond acceptors (Lipinski definition) is 6. The van der Waals surface area contributed by atoms with Gasteiger partial charge in [0, 0.05) is 0 Å². The molecule has 0 saturated heterocycles. The Morgan fingerprint density at radius 2 is 1.66 bits per heavy atom. The van der Waals surface area contributed by atoms with Gasteiger partial charge in [0.2, 0.25) is 0 Å². The third-order valence-electron chi connectivity index (χ3n) is 3.92. The lowest BCUT2D eigenvalue weighted by atomic mass is 10.2. The van der Waals surface area contributed by atoms with Crippen LogP contribution in [0.25, 0.3) is 0 Å². The van der Waals surface area contributed by atoms with Crippen molar-refractivity contribution in [2.75, 3.05) is 0 Å². The van der Waals surface area contributed by atoms with Crippen molar-refractivity contribution in [1.29, 1.82) is 0 Å². The number of phenols is 1. The first-order valence-corrected chi connectivity index (χ1v) is 9.98. The van der Waals surface area contributed by atoms with Crippen molar-refractivity contribution in [3.05, 3.63) is 89.5 Å². The molecule has 29 heavy (non-hydrogen) atoms. The van der Waals surface area contributed by atoms with E-state index in [0.29, 0.717) is 5.56 Å². The molecule has 0 radical (unpaired) electrons. The minimum Gasteiger partial charge on any atom is -0.507 e. The molecule has 3 aromatic carbocycles. The number of carbonyl (C=O) groups excluding carboxylic acids is 1. The van der Waals surface area contributed by atoms with E-state index in [9.17, 15) is 18.3 Å². The molecule has 3 rings (SSSR count). The van der Waals surface area contributed by atoms with Crippen molar-refractivity contribution in [1.82, 2.24) is 5.43 Å². The molecule has 0 bridgehead atoms. The van der Waals surface area contributed by atoms with Crippen molar-refractivity contribution < 1.29 is 22.5 Å². The second-order valence-electron chi connectivity index (χ2n) is 6.14. The number of aromatic hydroxyl groups is 1. The van der Waals surface area contributed by atoms with Crippen molar-refractivity contribution in [3.63, 3.8) is 0 Å². The van der Waals surface area contributed by atoms with Crippen LogP contribution in [0, 0.1) is 6.92 Å². The number of rotatable bonds is 6. The second kappa shape index (κ2) is 8.57. The Balaban J connectivity index is 1.63. The van der Waals surface area contributed by atoms with Gasteiger partial charge in [0.1, 0.15) is 16.4 Å². The van der Waals surface area contributed by atoms with E-state index in [1.165, 1.54) is 42.6 Å². The maximum Gasteiger partial charge on any atom is 0.339 e. The molecule has 0 aliphatic heterocycles. The van der Waals surface area contributed by atoms with Crippen molar-refractivity contribution in [3.8, 4) is 11.5 Å². The number of para-hydroxylation sites is 1. The lowest BCUT2D eigenvalue weighted by Gasteiger charge is -2.07. The van der Waals surface area contributed by atoms with Crippen LogP contribution in [-0.2, 0) is 10.1 Å². The topological polar surface area (TPSA) is 105 Å². The molecule has 0 unspecified atom stereocenters. The van der Waals surface area contributed by atoms with Gasteiger partial charge in [0.15, 0.2) is 0 Å². The van der Waals surface area contributed by atoms with Crippen LogP contribution in [0.1, 0.15) is 21.5 Å². The number of hydrazone groups is 1. The SMILES string of the molecule is Cc1ccc(S(=O)(=O)Oc2ccc(C=NNC(=O)c3ccccc3O)cc2)cc1. The number of carbonyl (C=O) groups is 1. The summed E-state index contributed by atoms with van der Waals surface area (Å²) in [6.07, 6.45) is 1.39. The molecule has 0 spiro atoms. The number of nitrogens with zero attached hydrogens (tertiary/aromatic N) is 1. The Hall–Kier alpha value is -3.65. The van der Waals surface area contributed by atoms with Crippen LogP contribution in [0.15, 0.2) is 82.8 Å². The molecule has 0 fully saturated rings. The summed E-state index contributed by atoms with van der Waals surface area (Å²) in [5, 5.41) is 13.5. The highest BCUT2D eigenvalue weighted by atomic mass is 32.2. The van der Waals surface area contributed by atoms with Crippen molar-refractivity contribution in [2.45, 2.75) is 11.8 Å². The molecule has 1 amide bonds. The third kappa shape index (κ3) is 5.20. The van der Waals surface area contributed by atoms with Crippen molar-refractivity contribution in [2.24, 2.45) is 5.10 Å². The van der Waals surface area contributed by atoms with E-state index in [0.717, 1.165) is 5.56 Å². The zero-order valence-electron chi connectivity index (χ0n) is 15.4. The quantitative estimate of drug-likeness (QED) is 0.369. The van der Waals surface area contributed by atoms with Crippen LogP contribution in [-0.4, -0.2) is 25.6 Å². The monoisotopic (exact) mass is 410 g/mol. The third-order valence-corrected chi connectivity index (χ3v) is 5.19. The summed E-state index contributed by atoms with van der Waals surface area (Å²) in [7, 11) is -3.92. The molecule has 3 aromatic rings. The summed E-state index contributed by atoms with van der Waals surface area (Å²) in [6.45, 7) is 1.86. The fourth-order valence-corrected chi connectivity index (χ4v) is 3.31. The first-order chi connectivity index (χ1) is 13.8. The highest BCUT2D eigenvalue weighted by Crippen LogP contribution is 2.19. The Labute approximate surface area is 168 Å². The summed E-state index contributed by atoms with van der Waals surface area (Å²) in [4.78, 5) is 12.0. The van der Waals surface area contributed by atoms with Gasteiger partial charge in [-0.2, -0.15) is 13.5 Å². The maximum atomic E-state index is 12.3. The lowest BCUT2D eigenvalue weighted by molar-refractivity contribution is 0.0952. The average Bonchev–Trinajstić information content (AvgIpc) is 2.69. The molecular weight excluding hydrogens is 392 g/mol. The van der Waals surface area contributed by atoms with Gasteiger partial charge >= 0.3 is 10.1 Å². The highest BCUT2D eigenvalue weighted by Gasteiger charge is 2.16. The minimum absolute atomic E-state index is 0.0700. The van der Waals surface area contributed by atoms with Crippen molar-refractivity contribution >= 4 is 22.2 Å². The van der Waals surface area contributed by atoms with E-state index >= 15 is 0 Å². The molecule has 2 N–H and O–H groups in total. The van der Waals surface area contributed by atoms with Gasteiger partial charge in [-0.25, -0.2) is 5.43 Å². The largest absolute Gasteiger partial charge is 0.507 e. The molecule has 0 aliphatic carbocycles. The summed E-state index contributed by atoms with van der Waals surface area (Å²) in [5.41, 5.74) is 3.98. The minimum atomic E-state index is -3.92. The summed E-state index contributed by atoms with van der Waals surface area (Å²) in [5.74, 6) is -0.541. The average molecular weight is 410 g/mol. The standard InChI is InChI=1S/C21H18N2O5S/c1-15-6-12-18(13-7-15)29(26,27)28-17-10-8-16(9-11-17)14-22-23-21(25)19-4-2-3-5-20(19)24/h2-14,24H,1H3,(H,23,25). The molecule has 0 saturated carbocycles. The van der Waals surface area contributed by atoms with Gasteiger partial charge in [-0.1, -0.05) is 29.8 Å². The fourth-order valence-electron chi connectivity index (χ4n) is 2.38. The molecule has 0 atom stereocenters. The Morgan fingerprint density at radius 3 is 2.31 bits per heavy atom. The summed E-state index contributed by atoms with van der Waals surface area (Å²) >= 11 is 0. The summed E-state index contributed by atoms with van der Waals surface area (Å²) in [6, 6.07) is 18.6. The van der Waals surface area contributed by atoms with Gasteiger partial charge in [-0.3, -0.25) is 4.79 Å². The van der Waals surface area contributed by atoms with E-state index in [2.05, 4.69) is 10.5 Å². The predicted molar refractivity (Wildman–Crippen MR) is 109 cm³/mol.